The van der Waals surface area contributed by atoms with E-state index in [0.29, 0.717) is 30.6 Å². The molecule has 4 heteroatoms. The molecular weight excluding hydrogens is 304 g/mol. The van der Waals surface area contributed by atoms with Gasteiger partial charge in [0.05, 0.1) is 11.7 Å². The van der Waals surface area contributed by atoms with Gasteiger partial charge in [0.2, 0.25) is 0 Å². The zero-order valence-electron chi connectivity index (χ0n) is 14.1. The van der Waals surface area contributed by atoms with Gasteiger partial charge in [-0.3, -0.25) is 9.59 Å². The molecule has 3 fully saturated rings. The maximum atomic E-state index is 12.1. The molecule has 6 unspecified atom stereocenters. The topological polar surface area (TPSA) is 63.6 Å². The average molecular weight is 328 g/mol. The van der Waals surface area contributed by atoms with E-state index in [2.05, 4.69) is 6.92 Å². The summed E-state index contributed by atoms with van der Waals surface area (Å²) in [4.78, 5) is 24.0. The van der Waals surface area contributed by atoms with Gasteiger partial charge in [-0.25, -0.2) is 0 Å². The number of rotatable bonds is 0. The van der Waals surface area contributed by atoms with Crippen LogP contribution in [0.4, 0.5) is 0 Å². The Balaban J connectivity index is 1.62. The summed E-state index contributed by atoms with van der Waals surface area (Å²) in [7, 11) is 0. The van der Waals surface area contributed by atoms with Gasteiger partial charge in [0, 0.05) is 17.8 Å². The van der Waals surface area contributed by atoms with Crippen LogP contribution in [0.2, 0.25) is 0 Å². The van der Waals surface area contributed by atoms with Crippen LogP contribution in [0, 0.1) is 34.5 Å². The number of carbonyl (C=O) groups is 2. The van der Waals surface area contributed by atoms with E-state index in [1.165, 1.54) is 5.57 Å². The Kier molecular flexibility index (Phi) is 2.78. The van der Waals surface area contributed by atoms with Crippen molar-refractivity contribution in [1.82, 2.24) is 0 Å². The smallest absolute Gasteiger partial charge is 0.309 e. The highest BCUT2D eigenvalue weighted by Crippen LogP contribution is 2.67. The van der Waals surface area contributed by atoms with Crippen LogP contribution in [-0.4, -0.2) is 23.5 Å². The summed E-state index contributed by atoms with van der Waals surface area (Å²) in [6.45, 7) is 2.67. The van der Waals surface area contributed by atoms with Gasteiger partial charge < -0.3 is 9.84 Å². The number of fused-ring (bicyclic) bond motifs is 4. The lowest BCUT2D eigenvalue weighted by Gasteiger charge is -2.55. The maximum Gasteiger partial charge on any atom is 0.309 e. The highest BCUT2D eigenvalue weighted by Gasteiger charge is 2.65. The van der Waals surface area contributed by atoms with Gasteiger partial charge in [-0.2, -0.15) is 0 Å². The number of allylic oxidation sites excluding steroid dienone is 3. The molecule has 5 aliphatic rings. The number of hydrogen-bond donors (Lipinski definition) is 1. The van der Waals surface area contributed by atoms with Crippen LogP contribution < -0.4 is 0 Å². The van der Waals surface area contributed by atoms with Gasteiger partial charge in [0.1, 0.15) is 6.61 Å². The Hall–Kier alpha value is -1.58. The van der Waals surface area contributed by atoms with Gasteiger partial charge in [-0.05, 0) is 61.5 Å². The van der Waals surface area contributed by atoms with E-state index in [9.17, 15) is 14.7 Å². The number of esters is 1. The lowest BCUT2D eigenvalue weighted by atomic mass is 9.48. The number of hydrogen-bond acceptors (Lipinski definition) is 4. The second-order valence-corrected chi connectivity index (χ2v) is 8.76. The van der Waals surface area contributed by atoms with Crippen molar-refractivity contribution in [3.63, 3.8) is 0 Å². The van der Waals surface area contributed by atoms with E-state index in [1.807, 2.05) is 12.2 Å². The van der Waals surface area contributed by atoms with Gasteiger partial charge >= 0.3 is 5.97 Å². The molecule has 24 heavy (non-hydrogen) atoms. The normalized spacial score (nSPS) is 49.4. The van der Waals surface area contributed by atoms with E-state index in [4.69, 9.17) is 4.74 Å². The van der Waals surface area contributed by atoms with E-state index in [-0.39, 0.29) is 34.4 Å². The Labute approximate surface area is 141 Å². The summed E-state index contributed by atoms with van der Waals surface area (Å²) in [5.74, 6) is 1.44. The van der Waals surface area contributed by atoms with Crippen molar-refractivity contribution in [2.24, 2.45) is 34.5 Å². The Morgan fingerprint density at radius 2 is 2.04 bits per heavy atom. The number of carbonyl (C=O) groups excluding carboxylic acids is 2. The van der Waals surface area contributed by atoms with Crippen molar-refractivity contribution in [1.29, 1.82) is 0 Å². The minimum atomic E-state index is -0.273. The fourth-order valence-electron chi connectivity index (χ4n) is 6.84. The molecule has 1 heterocycles. The van der Waals surface area contributed by atoms with Crippen molar-refractivity contribution in [2.75, 3.05) is 6.61 Å². The highest BCUT2D eigenvalue weighted by atomic mass is 16.5. The standard InChI is InChI=1S/C20H24O4/c1-19-7-6-12(21)8-11(19)2-3-13-14-4-5-15-18(23)24-10-20(14,15)9-16(22)17(13)19/h8-9,13-15,17,22H,2-7,10H2,1H3. The number of ether oxygens (including phenoxy) is 1. The minimum absolute atomic E-state index is 0.0664. The number of aliphatic hydroxyl groups is 1. The lowest BCUT2D eigenvalue weighted by Crippen LogP contribution is -2.51. The molecule has 6 atom stereocenters. The number of ketones is 1. The first-order valence-corrected chi connectivity index (χ1v) is 9.28. The summed E-state index contributed by atoms with van der Waals surface area (Å²) in [6, 6.07) is 0. The predicted octanol–water partition coefficient (Wildman–Crippen LogP) is 3.33. The zero-order valence-corrected chi connectivity index (χ0v) is 14.1. The fraction of sp³-hybridized carbons (Fsp3) is 0.700. The Morgan fingerprint density at radius 1 is 1.21 bits per heavy atom. The number of aliphatic hydroxyl groups excluding tert-OH is 1. The monoisotopic (exact) mass is 328 g/mol. The predicted molar refractivity (Wildman–Crippen MR) is 87.0 cm³/mol. The largest absolute Gasteiger partial charge is 0.512 e. The van der Waals surface area contributed by atoms with E-state index in [0.717, 1.165) is 32.1 Å². The molecule has 2 saturated carbocycles. The van der Waals surface area contributed by atoms with Crippen LogP contribution >= 0.6 is 0 Å². The molecule has 4 aliphatic carbocycles. The molecule has 5 rings (SSSR count). The summed E-state index contributed by atoms with van der Waals surface area (Å²) in [5, 5.41) is 11.0. The van der Waals surface area contributed by atoms with Crippen LogP contribution in [0.3, 0.4) is 0 Å². The molecule has 0 aromatic heterocycles. The van der Waals surface area contributed by atoms with Crippen LogP contribution in [0.25, 0.3) is 0 Å². The molecule has 0 bridgehead atoms. The van der Waals surface area contributed by atoms with Crippen molar-refractivity contribution in [2.45, 2.75) is 45.4 Å². The van der Waals surface area contributed by atoms with Crippen molar-refractivity contribution >= 4 is 11.8 Å². The van der Waals surface area contributed by atoms with Crippen molar-refractivity contribution in [3.05, 3.63) is 23.5 Å². The fourth-order valence-corrected chi connectivity index (χ4v) is 6.84. The van der Waals surface area contributed by atoms with Crippen LogP contribution in [-0.2, 0) is 14.3 Å². The SMILES string of the molecule is CC12CCC(=O)C=C1CCC1C2C(O)=CC23COC(=O)C2CCC13. The van der Waals surface area contributed by atoms with Crippen molar-refractivity contribution in [3.8, 4) is 0 Å². The summed E-state index contributed by atoms with van der Waals surface area (Å²) >= 11 is 0. The Bertz CT molecular complexity index is 704. The third-order valence-electron chi connectivity index (χ3n) is 7.93. The molecule has 0 aromatic rings. The highest BCUT2D eigenvalue weighted by molar-refractivity contribution is 5.91. The van der Waals surface area contributed by atoms with Crippen LogP contribution in [0.15, 0.2) is 23.5 Å². The third kappa shape index (κ3) is 1.60. The Morgan fingerprint density at radius 3 is 2.88 bits per heavy atom. The molecule has 1 N–H and O–H groups in total. The average Bonchev–Trinajstić information content (AvgIpc) is 3.05. The number of cyclic esters (lactones) is 1. The summed E-state index contributed by atoms with van der Waals surface area (Å²) in [6.07, 6.45) is 9.13. The molecule has 0 amide bonds. The first kappa shape index (κ1) is 14.7. The molecule has 0 radical (unpaired) electrons. The van der Waals surface area contributed by atoms with Gasteiger partial charge in [0.15, 0.2) is 5.78 Å². The second-order valence-electron chi connectivity index (χ2n) is 8.76. The second kappa shape index (κ2) is 4.53. The molecule has 4 nitrogen and oxygen atoms in total. The van der Waals surface area contributed by atoms with E-state index < -0.39 is 0 Å². The van der Waals surface area contributed by atoms with Gasteiger partial charge in [0.25, 0.3) is 0 Å². The minimum Gasteiger partial charge on any atom is -0.512 e. The van der Waals surface area contributed by atoms with Crippen LogP contribution in [0.5, 0.6) is 0 Å². The molecule has 128 valence electrons. The van der Waals surface area contributed by atoms with E-state index >= 15 is 0 Å². The van der Waals surface area contributed by atoms with E-state index in [1.54, 1.807) is 0 Å². The first-order valence-electron chi connectivity index (χ1n) is 9.28. The molecule has 1 aliphatic heterocycles. The quantitative estimate of drug-likeness (QED) is 0.693. The van der Waals surface area contributed by atoms with Crippen molar-refractivity contribution < 1.29 is 19.4 Å². The maximum absolute atomic E-state index is 12.1. The first-order chi connectivity index (χ1) is 11.5. The lowest BCUT2D eigenvalue weighted by molar-refractivity contribution is -0.141. The molecular formula is C20H24O4. The summed E-state index contributed by atoms with van der Waals surface area (Å²) < 4.78 is 5.40. The van der Waals surface area contributed by atoms with Gasteiger partial charge in [-0.1, -0.05) is 12.5 Å². The zero-order chi connectivity index (χ0) is 16.7. The molecule has 1 saturated heterocycles. The van der Waals surface area contributed by atoms with Gasteiger partial charge in [-0.15, -0.1) is 0 Å². The third-order valence-corrected chi connectivity index (χ3v) is 7.93. The molecule has 0 aromatic carbocycles. The van der Waals surface area contributed by atoms with Crippen LogP contribution in [0.1, 0.15) is 45.4 Å². The summed E-state index contributed by atoms with van der Waals surface area (Å²) in [5.41, 5.74) is 0.842. The molecule has 1 spiro atoms.